The van der Waals surface area contributed by atoms with Crippen LogP contribution in [0.1, 0.15) is 12.0 Å². The Balaban J connectivity index is 1.62. The van der Waals surface area contributed by atoms with E-state index in [1.807, 2.05) is 29.3 Å². The van der Waals surface area contributed by atoms with Crippen LogP contribution in [0.5, 0.6) is 0 Å². The summed E-state index contributed by atoms with van der Waals surface area (Å²) in [6.45, 7) is 2.75. The van der Waals surface area contributed by atoms with Crippen LogP contribution < -0.4 is 0 Å². The number of carbonyl (C=O) groups is 1. The Morgan fingerprint density at radius 3 is 2.81 bits per heavy atom. The minimum absolute atomic E-state index is 0.0714. The molecule has 0 bridgehead atoms. The quantitative estimate of drug-likeness (QED) is 0.609. The molecule has 1 atom stereocenters. The Morgan fingerprint density at radius 1 is 1.24 bits per heavy atom. The summed E-state index contributed by atoms with van der Waals surface area (Å²) in [5.41, 5.74) is 2.28. The molecule has 3 rings (SSSR count). The summed E-state index contributed by atoms with van der Waals surface area (Å²) >= 11 is 0. The Labute approximate surface area is 124 Å². The second-order valence-electron chi connectivity index (χ2n) is 5.42. The second kappa shape index (κ2) is 6.28. The van der Waals surface area contributed by atoms with E-state index >= 15 is 0 Å². The maximum absolute atomic E-state index is 12.6. The lowest BCUT2D eigenvalue weighted by Crippen LogP contribution is -2.53. The zero-order chi connectivity index (χ0) is 14.7. The van der Waals surface area contributed by atoms with Crippen molar-refractivity contribution in [3.8, 4) is 0 Å². The topological polar surface area (TPSA) is 42.0 Å². The number of rotatable bonds is 5. The summed E-state index contributed by atoms with van der Waals surface area (Å²) in [5, 5.41) is 0. The Hall–Kier alpha value is -1.85. The zero-order valence-electron chi connectivity index (χ0n) is 12.2. The molecule has 0 N–H and O–H groups in total. The minimum atomic E-state index is -0.0714. The van der Waals surface area contributed by atoms with Crippen molar-refractivity contribution in [1.82, 2.24) is 9.80 Å². The maximum atomic E-state index is 12.6. The summed E-state index contributed by atoms with van der Waals surface area (Å²) in [6.07, 6.45) is 2.77. The average molecular weight is 288 g/mol. The first-order chi connectivity index (χ1) is 10.3. The smallest absolute Gasteiger partial charge is 0.245 e. The van der Waals surface area contributed by atoms with E-state index in [0.29, 0.717) is 13.2 Å². The van der Waals surface area contributed by atoms with Crippen molar-refractivity contribution in [3.05, 3.63) is 47.7 Å². The van der Waals surface area contributed by atoms with Gasteiger partial charge in [0.2, 0.25) is 5.91 Å². The highest BCUT2D eigenvalue weighted by Gasteiger charge is 2.37. The molecule has 1 aromatic carbocycles. The van der Waals surface area contributed by atoms with Gasteiger partial charge in [-0.1, -0.05) is 30.3 Å². The number of carbonyl (C=O) groups excluding carboxylic acids is 1. The molecule has 0 radical (unpaired) electrons. The van der Waals surface area contributed by atoms with Crippen molar-refractivity contribution in [2.75, 3.05) is 26.8 Å². The Morgan fingerprint density at radius 2 is 2.05 bits per heavy atom. The van der Waals surface area contributed by atoms with Crippen LogP contribution in [0.4, 0.5) is 0 Å². The standard InChI is InChI=1S/C16H20N2O3/c1-20-21-12-14-9-15-16(19)18(8-7-17(15)11-14)10-13-5-3-2-4-6-13/h2-6,11,15H,7-10,12H2,1H3. The molecule has 0 spiro atoms. The van der Waals surface area contributed by atoms with Crippen LogP contribution >= 0.6 is 0 Å². The zero-order valence-corrected chi connectivity index (χ0v) is 12.2. The first-order valence-corrected chi connectivity index (χ1v) is 7.21. The van der Waals surface area contributed by atoms with Gasteiger partial charge in [-0.25, -0.2) is 9.78 Å². The van der Waals surface area contributed by atoms with Crippen LogP contribution in [-0.4, -0.2) is 48.6 Å². The lowest BCUT2D eigenvalue weighted by molar-refractivity contribution is -0.265. The third kappa shape index (κ3) is 3.09. The third-order valence-electron chi connectivity index (χ3n) is 4.01. The van der Waals surface area contributed by atoms with Crippen molar-refractivity contribution in [1.29, 1.82) is 0 Å². The number of fused-ring (bicyclic) bond motifs is 1. The summed E-state index contributed by atoms with van der Waals surface area (Å²) in [4.78, 5) is 26.3. The van der Waals surface area contributed by atoms with Crippen molar-refractivity contribution in [2.24, 2.45) is 0 Å². The van der Waals surface area contributed by atoms with E-state index in [1.165, 1.54) is 12.7 Å². The number of nitrogens with zero attached hydrogens (tertiary/aromatic N) is 2. The monoisotopic (exact) mass is 288 g/mol. The molecule has 5 heteroatoms. The summed E-state index contributed by atoms with van der Waals surface area (Å²) in [7, 11) is 1.50. The van der Waals surface area contributed by atoms with Crippen molar-refractivity contribution >= 4 is 5.91 Å². The summed E-state index contributed by atoms with van der Waals surface area (Å²) < 4.78 is 0. The molecule has 5 nitrogen and oxygen atoms in total. The van der Waals surface area contributed by atoms with Crippen LogP contribution in [-0.2, 0) is 21.1 Å². The molecule has 1 amide bonds. The molecule has 1 aromatic rings. The van der Waals surface area contributed by atoms with E-state index in [4.69, 9.17) is 4.89 Å². The molecule has 21 heavy (non-hydrogen) atoms. The second-order valence-corrected chi connectivity index (χ2v) is 5.42. The van der Waals surface area contributed by atoms with Crippen LogP contribution in [0.15, 0.2) is 42.1 Å². The van der Waals surface area contributed by atoms with Gasteiger partial charge in [-0.3, -0.25) is 4.79 Å². The number of amides is 1. The lowest BCUT2D eigenvalue weighted by Gasteiger charge is -2.37. The molecule has 0 aliphatic carbocycles. The highest BCUT2D eigenvalue weighted by molar-refractivity contribution is 5.83. The molecule has 112 valence electrons. The van der Waals surface area contributed by atoms with E-state index in [1.54, 1.807) is 0 Å². The molecule has 1 fully saturated rings. The van der Waals surface area contributed by atoms with Crippen molar-refractivity contribution in [2.45, 2.75) is 19.0 Å². The van der Waals surface area contributed by atoms with Gasteiger partial charge in [0.1, 0.15) is 12.6 Å². The molecule has 2 heterocycles. The average Bonchev–Trinajstić information content (AvgIpc) is 2.93. The number of hydrogen-bond acceptors (Lipinski definition) is 4. The van der Waals surface area contributed by atoms with E-state index in [9.17, 15) is 4.79 Å². The minimum Gasteiger partial charge on any atom is -0.364 e. The van der Waals surface area contributed by atoms with Gasteiger partial charge in [0.25, 0.3) is 0 Å². The van der Waals surface area contributed by atoms with Crippen LogP contribution in [0.2, 0.25) is 0 Å². The third-order valence-corrected chi connectivity index (χ3v) is 4.01. The first-order valence-electron chi connectivity index (χ1n) is 7.21. The summed E-state index contributed by atoms with van der Waals surface area (Å²) in [6, 6.07) is 10.1. The van der Waals surface area contributed by atoms with Gasteiger partial charge in [-0.05, 0) is 11.1 Å². The molecule has 1 saturated heterocycles. The van der Waals surface area contributed by atoms with Gasteiger partial charge in [-0.15, -0.1) is 0 Å². The van der Waals surface area contributed by atoms with E-state index in [0.717, 1.165) is 25.1 Å². The van der Waals surface area contributed by atoms with Crippen molar-refractivity contribution < 1.29 is 14.6 Å². The van der Waals surface area contributed by atoms with Gasteiger partial charge in [-0.2, -0.15) is 0 Å². The van der Waals surface area contributed by atoms with Crippen molar-refractivity contribution in [3.63, 3.8) is 0 Å². The first kappa shape index (κ1) is 14.1. The van der Waals surface area contributed by atoms with Gasteiger partial charge in [0, 0.05) is 32.3 Å². The predicted octanol–water partition coefficient (Wildman–Crippen LogP) is 1.56. The van der Waals surface area contributed by atoms with Crippen LogP contribution in [0.3, 0.4) is 0 Å². The van der Waals surface area contributed by atoms with E-state index in [-0.39, 0.29) is 11.9 Å². The molecule has 1 unspecified atom stereocenters. The van der Waals surface area contributed by atoms with Gasteiger partial charge < -0.3 is 9.80 Å². The lowest BCUT2D eigenvalue weighted by atomic mass is 10.1. The molecule has 0 saturated carbocycles. The van der Waals surface area contributed by atoms with Gasteiger partial charge in [0.05, 0.1) is 7.11 Å². The predicted molar refractivity (Wildman–Crippen MR) is 78.0 cm³/mol. The Bertz CT molecular complexity index is 530. The van der Waals surface area contributed by atoms with Crippen LogP contribution in [0, 0.1) is 0 Å². The highest BCUT2D eigenvalue weighted by atomic mass is 17.2. The number of benzene rings is 1. The molecular weight excluding hydrogens is 268 g/mol. The fraction of sp³-hybridized carbons (Fsp3) is 0.438. The van der Waals surface area contributed by atoms with Gasteiger partial charge >= 0.3 is 0 Å². The fourth-order valence-electron chi connectivity index (χ4n) is 2.94. The van der Waals surface area contributed by atoms with Crippen LogP contribution in [0.25, 0.3) is 0 Å². The molecule has 2 aliphatic heterocycles. The SMILES string of the molecule is COOCC1=CN2CCN(Cc3ccccc3)C(=O)C2C1. The maximum Gasteiger partial charge on any atom is 0.245 e. The number of hydrogen-bond donors (Lipinski definition) is 0. The van der Waals surface area contributed by atoms with E-state index in [2.05, 4.69) is 21.9 Å². The Kier molecular flexibility index (Phi) is 4.22. The molecular formula is C16H20N2O3. The fourth-order valence-corrected chi connectivity index (χ4v) is 2.94. The van der Waals surface area contributed by atoms with Gasteiger partial charge in [0.15, 0.2) is 0 Å². The van der Waals surface area contributed by atoms with E-state index < -0.39 is 0 Å². The summed E-state index contributed by atoms with van der Waals surface area (Å²) in [5.74, 6) is 0.203. The normalized spacial score (nSPS) is 21.5. The number of piperazine rings is 1. The largest absolute Gasteiger partial charge is 0.364 e. The highest BCUT2D eigenvalue weighted by Crippen LogP contribution is 2.27. The molecule has 0 aromatic heterocycles. The molecule has 2 aliphatic rings.